The molecular formula is C24H29N5O3. The van der Waals surface area contributed by atoms with Gasteiger partial charge in [-0.25, -0.2) is 9.78 Å². The van der Waals surface area contributed by atoms with E-state index in [1.807, 2.05) is 31.0 Å². The van der Waals surface area contributed by atoms with Gasteiger partial charge in [-0.05, 0) is 62.6 Å². The van der Waals surface area contributed by atoms with Gasteiger partial charge in [-0.1, -0.05) is 6.07 Å². The maximum atomic E-state index is 13.2. The number of aromatic hydroxyl groups is 1. The Bertz CT molecular complexity index is 1250. The molecule has 1 amide bonds. The lowest BCUT2D eigenvalue weighted by atomic mass is 10.1. The normalized spacial score (nSPS) is 14.2. The number of hydrogen-bond acceptors (Lipinski definition) is 5. The van der Waals surface area contributed by atoms with E-state index in [2.05, 4.69) is 22.9 Å². The van der Waals surface area contributed by atoms with Gasteiger partial charge in [-0.3, -0.25) is 13.9 Å². The zero-order valence-electron chi connectivity index (χ0n) is 19.2. The second-order valence-corrected chi connectivity index (χ2v) is 8.52. The average molecular weight is 436 g/mol. The van der Waals surface area contributed by atoms with Gasteiger partial charge >= 0.3 is 5.69 Å². The molecule has 0 spiro atoms. The number of aryl methyl sites for hydroxylation is 3. The van der Waals surface area contributed by atoms with Crippen molar-refractivity contribution in [3.05, 3.63) is 68.9 Å². The molecule has 1 saturated heterocycles. The highest BCUT2D eigenvalue weighted by molar-refractivity contribution is 5.96. The molecule has 4 rings (SSSR count). The maximum Gasteiger partial charge on any atom is 0.335 e. The highest BCUT2D eigenvalue weighted by Crippen LogP contribution is 2.23. The number of benzene rings is 1. The van der Waals surface area contributed by atoms with E-state index < -0.39 is 0 Å². The number of amides is 1. The fraction of sp³-hybridized carbons (Fsp3) is 0.375. The van der Waals surface area contributed by atoms with E-state index in [9.17, 15) is 14.7 Å². The molecule has 0 atom stereocenters. The molecule has 0 bridgehead atoms. The third kappa shape index (κ3) is 3.66. The summed E-state index contributed by atoms with van der Waals surface area (Å²) in [6.45, 7) is 10.4. The number of anilines is 1. The number of pyridine rings is 1. The summed E-state index contributed by atoms with van der Waals surface area (Å²) in [5, 5.41) is 10.1. The van der Waals surface area contributed by atoms with Crippen molar-refractivity contribution in [2.45, 2.75) is 27.7 Å². The van der Waals surface area contributed by atoms with Crippen LogP contribution in [0.15, 0.2) is 35.3 Å². The van der Waals surface area contributed by atoms with E-state index in [-0.39, 0.29) is 17.5 Å². The van der Waals surface area contributed by atoms with Crippen LogP contribution in [0.25, 0.3) is 5.69 Å². The van der Waals surface area contributed by atoms with Crippen molar-refractivity contribution in [1.82, 2.24) is 19.0 Å². The highest BCUT2D eigenvalue weighted by Gasteiger charge is 2.25. The number of carbonyl (C=O) groups is 1. The van der Waals surface area contributed by atoms with Crippen molar-refractivity contribution in [3.63, 3.8) is 0 Å². The SMILES string of the molecule is Cc1cnc(N2CCN(C(=O)c3ccc(-n4c(C)c(O)n(C)c4=O)cc3C)CC2)c(C)c1. The first-order chi connectivity index (χ1) is 15.2. The van der Waals surface area contributed by atoms with Crippen LogP contribution in [-0.2, 0) is 7.05 Å². The molecule has 1 aliphatic rings. The largest absolute Gasteiger partial charge is 0.493 e. The summed E-state index contributed by atoms with van der Waals surface area (Å²) in [6.07, 6.45) is 1.88. The molecule has 0 radical (unpaired) electrons. The number of imidazole rings is 1. The van der Waals surface area contributed by atoms with Gasteiger partial charge < -0.3 is 14.9 Å². The van der Waals surface area contributed by atoms with Gasteiger partial charge in [0.15, 0.2) is 0 Å². The van der Waals surface area contributed by atoms with E-state index in [0.29, 0.717) is 30.0 Å². The molecule has 8 nitrogen and oxygen atoms in total. The fourth-order valence-electron chi connectivity index (χ4n) is 4.39. The number of piperazine rings is 1. The van der Waals surface area contributed by atoms with Gasteiger partial charge in [0.25, 0.3) is 5.91 Å². The van der Waals surface area contributed by atoms with Crippen molar-refractivity contribution in [2.75, 3.05) is 31.1 Å². The second kappa shape index (κ2) is 8.18. The second-order valence-electron chi connectivity index (χ2n) is 8.52. The molecule has 1 N–H and O–H groups in total. The van der Waals surface area contributed by atoms with E-state index in [1.54, 1.807) is 19.1 Å². The number of nitrogens with zero attached hydrogens (tertiary/aromatic N) is 5. The molecule has 0 saturated carbocycles. The van der Waals surface area contributed by atoms with Crippen LogP contribution in [0, 0.1) is 27.7 Å². The van der Waals surface area contributed by atoms with Crippen LogP contribution in [0.3, 0.4) is 0 Å². The summed E-state index contributed by atoms with van der Waals surface area (Å²) in [4.78, 5) is 34.3. The first-order valence-electron chi connectivity index (χ1n) is 10.7. The Morgan fingerprint density at radius 3 is 2.25 bits per heavy atom. The minimum atomic E-state index is -0.324. The Morgan fingerprint density at radius 1 is 1.00 bits per heavy atom. The van der Waals surface area contributed by atoms with Gasteiger partial charge in [-0.15, -0.1) is 0 Å². The quantitative estimate of drug-likeness (QED) is 0.683. The summed E-state index contributed by atoms with van der Waals surface area (Å²) < 4.78 is 2.65. The maximum absolute atomic E-state index is 13.2. The lowest BCUT2D eigenvalue weighted by Crippen LogP contribution is -2.49. The van der Waals surface area contributed by atoms with Crippen molar-refractivity contribution < 1.29 is 9.90 Å². The molecule has 1 aliphatic heterocycles. The summed E-state index contributed by atoms with van der Waals surface area (Å²) in [5.74, 6) is 0.904. The molecule has 3 aromatic rings. The summed E-state index contributed by atoms with van der Waals surface area (Å²) in [6, 6.07) is 7.46. The van der Waals surface area contributed by atoms with Crippen LogP contribution in [-0.4, -0.2) is 56.2 Å². The Labute approximate surface area is 187 Å². The van der Waals surface area contributed by atoms with Gasteiger partial charge in [0.05, 0.1) is 11.4 Å². The fourth-order valence-corrected chi connectivity index (χ4v) is 4.39. The molecule has 2 aromatic heterocycles. The molecular weight excluding hydrogens is 406 g/mol. The Kier molecular flexibility index (Phi) is 5.54. The molecule has 168 valence electrons. The van der Waals surface area contributed by atoms with Crippen molar-refractivity contribution >= 4 is 11.7 Å². The number of aromatic nitrogens is 3. The van der Waals surface area contributed by atoms with Gasteiger partial charge in [-0.2, -0.15) is 0 Å². The first-order valence-corrected chi connectivity index (χ1v) is 10.7. The van der Waals surface area contributed by atoms with Crippen LogP contribution in [0.2, 0.25) is 0 Å². The monoisotopic (exact) mass is 435 g/mol. The summed E-state index contributed by atoms with van der Waals surface area (Å²) in [5.41, 5.74) is 4.47. The summed E-state index contributed by atoms with van der Waals surface area (Å²) in [7, 11) is 1.53. The minimum absolute atomic E-state index is 0.0118. The molecule has 1 fully saturated rings. The van der Waals surface area contributed by atoms with Crippen molar-refractivity contribution in [2.24, 2.45) is 7.05 Å². The first kappa shape index (κ1) is 21.7. The standard InChI is InChI=1S/C24H29N5O3/c1-15-12-17(3)21(25-14-15)27-8-10-28(11-9-27)23(31)20-7-6-19(13-16(20)2)29-18(4)22(30)26(5)24(29)32/h6-7,12-14,30H,8-11H2,1-5H3. The molecule has 32 heavy (non-hydrogen) atoms. The van der Waals surface area contributed by atoms with E-state index in [0.717, 1.165) is 35.6 Å². The third-order valence-corrected chi connectivity index (χ3v) is 6.21. The van der Waals surface area contributed by atoms with Crippen LogP contribution in [0.5, 0.6) is 5.88 Å². The Morgan fingerprint density at radius 2 is 1.69 bits per heavy atom. The van der Waals surface area contributed by atoms with E-state index in [4.69, 9.17) is 0 Å². The van der Waals surface area contributed by atoms with Gasteiger partial charge in [0.1, 0.15) is 5.82 Å². The van der Waals surface area contributed by atoms with E-state index >= 15 is 0 Å². The van der Waals surface area contributed by atoms with Crippen molar-refractivity contribution in [1.29, 1.82) is 0 Å². The minimum Gasteiger partial charge on any atom is -0.493 e. The van der Waals surface area contributed by atoms with Crippen LogP contribution >= 0.6 is 0 Å². The molecule has 0 unspecified atom stereocenters. The topological polar surface area (TPSA) is 83.6 Å². The van der Waals surface area contributed by atoms with Gasteiger partial charge in [0.2, 0.25) is 5.88 Å². The molecule has 0 aliphatic carbocycles. The number of hydrogen-bond donors (Lipinski definition) is 1. The van der Waals surface area contributed by atoms with Crippen LogP contribution in [0.1, 0.15) is 32.7 Å². The zero-order chi connectivity index (χ0) is 23.2. The Balaban J connectivity index is 1.51. The van der Waals surface area contributed by atoms with Gasteiger partial charge in [0, 0.05) is 45.0 Å². The number of carbonyl (C=O) groups excluding carboxylic acids is 1. The van der Waals surface area contributed by atoms with E-state index in [1.165, 1.54) is 16.2 Å². The molecule has 3 heterocycles. The third-order valence-electron chi connectivity index (χ3n) is 6.21. The lowest BCUT2D eigenvalue weighted by molar-refractivity contribution is 0.0746. The lowest BCUT2D eigenvalue weighted by Gasteiger charge is -2.36. The highest BCUT2D eigenvalue weighted by atomic mass is 16.3. The zero-order valence-corrected chi connectivity index (χ0v) is 19.2. The predicted molar refractivity (Wildman–Crippen MR) is 124 cm³/mol. The van der Waals surface area contributed by atoms with Crippen molar-refractivity contribution in [3.8, 4) is 11.6 Å². The predicted octanol–water partition coefficient (Wildman–Crippen LogP) is 2.47. The molecule has 1 aromatic carbocycles. The number of rotatable bonds is 3. The smallest absolute Gasteiger partial charge is 0.335 e. The van der Waals surface area contributed by atoms with Crippen LogP contribution in [0.4, 0.5) is 5.82 Å². The Hall–Kier alpha value is -3.55. The van der Waals surface area contributed by atoms with Crippen LogP contribution < -0.4 is 10.6 Å². The summed E-state index contributed by atoms with van der Waals surface area (Å²) >= 11 is 0. The molecule has 8 heteroatoms. The average Bonchev–Trinajstić information content (AvgIpc) is 2.96.